The molecule has 0 saturated carbocycles. The van der Waals surface area contributed by atoms with Gasteiger partial charge in [0.15, 0.2) is 0 Å². The minimum Gasteiger partial charge on any atom is -0.495 e. The van der Waals surface area contributed by atoms with Crippen molar-refractivity contribution in [2.75, 3.05) is 19.5 Å². The van der Waals surface area contributed by atoms with E-state index in [1.807, 2.05) is 12.1 Å². The highest BCUT2D eigenvalue weighted by Crippen LogP contribution is 2.36. The van der Waals surface area contributed by atoms with E-state index in [1.54, 1.807) is 23.7 Å². The Labute approximate surface area is 141 Å². The lowest BCUT2D eigenvalue weighted by Gasteiger charge is -2.13. The molecule has 0 bridgehead atoms. The highest BCUT2D eigenvalue weighted by atomic mass is 35.5. The first-order chi connectivity index (χ1) is 11.1. The summed E-state index contributed by atoms with van der Waals surface area (Å²) in [7, 11) is 3.02. The summed E-state index contributed by atoms with van der Waals surface area (Å²) >= 11 is 7.55. The molecule has 7 heteroatoms. The van der Waals surface area contributed by atoms with Gasteiger partial charge in [-0.15, -0.1) is 11.3 Å². The fourth-order valence-electron chi connectivity index (χ4n) is 2.15. The van der Waals surface area contributed by atoms with Crippen LogP contribution in [0.3, 0.4) is 0 Å². The molecule has 1 heterocycles. The van der Waals surface area contributed by atoms with Gasteiger partial charge in [0.1, 0.15) is 11.5 Å². The fraction of sp³-hybridized carbons (Fsp3) is 0.125. The summed E-state index contributed by atoms with van der Waals surface area (Å²) in [6, 6.07) is 8.59. The van der Waals surface area contributed by atoms with Gasteiger partial charge in [-0.25, -0.2) is 4.98 Å². The number of halogens is 1. The number of hydrogen-bond donors (Lipinski definition) is 1. The third-order valence-electron chi connectivity index (χ3n) is 3.32. The van der Waals surface area contributed by atoms with Crippen LogP contribution in [0.2, 0.25) is 5.02 Å². The number of thiazole rings is 1. The molecule has 1 amide bonds. The molecule has 1 N–H and O–H groups in total. The Balaban J connectivity index is 1.92. The number of aromatic nitrogens is 1. The standard InChI is InChI=1S/C16H13ClN2O3S/c1-21-13-7-12(14(22-2)6-10(13)17)19-16(20)9-3-4-11-15(5-9)23-8-18-11/h3-8H,1-2H3,(H,19,20). The van der Waals surface area contributed by atoms with E-state index in [9.17, 15) is 4.79 Å². The molecule has 2 aromatic carbocycles. The van der Waals surface area contributed by atoms with Gasteiger partial charge >= 0.3 is 0 Å². The molecule has 0 aliphatic carbocycles. The predicted molar refractivity (Wildman–Crippen MR) is 92.1 cm³/mol. The Morgan fingerprint density at radius 3 is 2.70 bits per heavy atom. The number of fused-ring (bicyclic) bond motifs is 1. The molecule has 0 unspecified atom stereocenters. The average Bonchev–Trinajstić information content (AvgIpc) is 3.03. The van der Waals surface area contributed by atoms with Gasteiger partial charge in [0.05, 0.1) is 40.7 Å². The highest BCUT2D eigenvalue weighted by molar-refractivity contribution is 7.16. The van der Waals surface area contributed by atoms with Crippen LogP contribution in [0.25, 0.3) is 10.2 Å². The molecule has 0 saturated heterocycles. The van der Waals surface area contributed by atoms with Crippen LogP contribution in [0.15, 0.2) is 35.8 Å². The number of amides is 1. The van der Waals surface area contributed by atoms with E-state index in [0.717, 1.165) is 10.2 Å². The molecule has 0 radical (unpaired) electrons. The van der Waals surface area contributed by atoms with Crippen LogP contribution >= 0.6 is 22.9 Å². The van der Waals surface area contributed by atoms with E-state index in [1.165, 1.54) is 25.6 Å². The lowest BCUT2D eigenvalue weighted by atomic mass is 10.2. The summed E-state index contributed by atoms with van der Waals surface area (Å²) in [5.74, 6) is 0.673. The van der Waals surface area contributed by atoms with Crippen molar-refractivity contribution < 1.29 is 14.3 Å². The Morgan fingerprint density at radius 2 is 1.96 bits per heavy atom. The number of benzene rings is 2. The van der Waals surface area contributed by atoms with Crippen molar-refractivity contribution in [3.63, 3.8) is 0 Å². The van der Waals surface area contributed by atoms with Crippen molar-refractivity contribution in [1.29, 1.82) is 0 Å². The Bertz CT molecular complexity index is 879. The molecule has 118 valence electrons. The summed E-state index contributed by atoms with van der Waals surface area (Å²) in [6.07, 6.45) is 0. The van der Waals surface area contributed by atoms with Crippen LogP contribution in [0, 0.1) is 0 Å². The molecule has 3 aromatic rings. The topological polar surface area (TPSA) is 60.5 Å². The van der Waals surface area contributed by atoms with Crippen molar-refractivity contribution in [3.8, 4) is 11.5 Å². The number of nitrogens with one attached hydrogen (secondary N) is 1. The summed E-state index contributed by atoms with van der Waals surface area (Å²) in [5.41, 5.74) is 3.65. The minimum absolute atomic E-state index is 0.247. The molecule has 0 aliphatic rings. The number of rotatable bonds is 4. The smallest absolute Gasteiger partial charge is 0.255 e. The molecule has 0 aliphatic heterocycles. The maximum absolute atomic E-state index is 12.5. The van der Waals surface area contributed by atoms with Gasteiger partial charge in [0.25, 0.3) is 5.91 Å². The summed E-state index contributed by atoms with van der Waals surface area (Å²) in [5, 5.41) is 3.23. The molecule has 0 atom stereocenters. The maximum atomic E-state index is 12.5. The van der Waals surface area contributed by atoms with Crippen molar-refractivity contribution in [2.45, 2.75) is 0 Å². The fourth-order valence-corrected chi connectivity index (χ4v) is 3.10. The van der Waals surface area contributed by atoms with Crippen molar-refractivity contribution in [2.24, 2.45) is 0 Å². The van der Waals surface area contributed by atoms with Gasteiger partial charge in [-0.3, -0.25) is 4.79 Å². The molecule has 3 rings (SSSR count). The van der Waals surface area contributed by atoms with Crippen LogP contribution in [-0.2, 0) is 0 Å². The second-order valence-electron chi connectivity index (χ2n) is 4.68. The first kappa shape index (κ1) is 15.6. The zero-order valence-corrected chi connectivity index (χ0v) is 14.0. The van der Waals surface area contributed by atoms with E-state index in [0.29, 0.717) is 27.8 Å². The Hall–Kier alpha value is -2.31. The van der Waals surface area contributed by atoms with Gasteiger partial charge < -0.3 is 14.8 Å². The minimum atomic E-state index is -0.247. The van der Waals surface area contributed by atoms with E-state index in [2.05, 4.69) is 10.3 Å². The predicted octanol–water partition coefficient (Wildman–Crippen LogP) is 4.22. The van der Waals surface area contributed by atoms with E-state index in [4.69, 9.17) is 21.1 Å². The third kappa shape index (κ3) is 3.09. The lowest BCUT2D eigenvalue weighted by molar-refractivity contribution is 0.102. The van der Waals surface area contributed by atoms with Crippen molar-refractivity contribution in [1.82, 2.24) is 4.98 Å². The highest BCUT2D eigenvalue weighted by Gasteiger charge is 2.14. The number of nitrogens with zero attached hydrogens (tertiary/aromatic N) is 1. The molecular formula is C16H13ClN2O3S. The van der Waals surface area contributed by atoms with Gasteiger partial charge in [-0.1, -0.05) is 11.6 Å². The van der Waals surface area contributed by atoms with Gasteiger partial charge in [-0.2, -0.15) is 0 Å². The molecule has 5 nitrogen and oxygen atoms in total. The van der Waals surface area contributed by atoms with Gasteiger partial charge in [0, 0.05) is 17.7 Å². The zero-order chi connectivity index (χ0) is 16.4. The van der Waals surface area contributed by atoms with E-state index < -0.39 is 0 Å². The normalized spacial score (nSPS) is 10.6. The van der Waals surface area contributed by atoms with Crippen LogP contribution in [0.5, 0.6) is 11.5 Å². The number of carbonyl (C=O) groups excluding carboxylic acids is 1. The summed E-state index contributed by atoms with van der Waals surface area (Å²) in [4.78, 5) is 16.7. The lowest BCUT2D eigenvalue weighted by Crippen LogP contribution is -2.12. The van der Waals surface area contributed by atoms with Crippen molar-refractivity contribution >= 4 is 44.7 Å². The average molecular weight is 349 g/mol. The maximum Gasteiger partial charge on any atom is 0.255 e. The van der Waals surface area contributed by atoms with Gasteiger partial charge in [-0.05, 0) is 18.2 Å². The molecule has 1 aromatic heterocycles. The number of carbonyl (C=O) groups is 1. The number of hydrogen-bond acceptors (Lipinski definition) is 5. The van der Waals surface area contributed by atoms with E-state index >= 15 is 0 Å². The summed E-state index contributed by atoms with van der Waals surface area (Å²) in [6.45, 7) is 0. The van der Waals surface area contributed by atoms with Crippen molar-refractivity contribution in [3.05, 3.63) is 46.4 Å². The van der Waals surface area contributed by atoms with Crippen LogP contribution in [-0.4, -0.2) is 25.1 Å². The van der Waals surface area contributed by atoms with Crippen LogP contribution < -0.4 is 14.8 Å². The third-order valence-corrected chi connectivity index (χ3v) is 4.40. The van der Waals surface area contributed by atoms with Crippen LogP contribution in [0.1, 0.15) is 10.4 Å². The monoisotopic (exact) mass is 348 g/mol. The molecule has 0 spiro atoms. The van der Waals surface area contributed by atoms with E-state index in [-0.39, 0.29) is 5.91 Å². The summed E-state index contributed by atoms with van der Waals surface area (Å²) < 4.78 is 11.4. The second-order valence-corrected chi connectivity index (χ2v) is 5.97. The molecule has 23 heavy (non-hydrogen) atoms. The number of anilines is 1. The number of ether oxygens (including phenoxy) is 2. The van der Waals surface area contributed by atoms with Gasteiger partial charge in [0.2, 0.25) is 0 Å². The number of methoxy groups -OCH3 is 2. The zero-order valence-electron chi connectivity index (χ0n) is 12.4. The second kappa shape index (κ2) is 6.44. The largest absolute Gasteiger partial charge is 0.495 e. The van der Waals surface area contributed by atoms with Crippen LogP contribution in [0.4, 0.5) is 5.69 Å². The Morgan fingerprint density at radius 1 is 1.17 bits per heavy atom. The molecular weight excluding hydrogens is 336 g/mol. The Kier molecular flexibility index (Phi) is 4.36. The first-order valence-corrected chi connectivity index (χ1v) is 7.94. The SMILES string of the molecule is COc1cc(NC(=O)c2ccc3ncsc3c2)c(OC)cc1Cl. The quantitative estimate of drug-likeness (QED) is 0.766. The molecule has 0 fully saturated rings. The first-order valence-electron chi connectivity index (χ1n) is 6.68.